The first-order valence-corrected chi connectivity index (χ1v) is 3.78. The van der Waals surface area contributed by atoms with Gasteiger partial charge in [0.15, 0.2) is 0 Å². The van der Waals surface area contributed by atoms with Gasteiger partial charge in [-0.25, -0.2) is 0 Å². The van der Waals surface area contributed by atoms with Crippen LogP contribution in [0.15, 0.2) is 12.2 Å². The van der Waals surface area contributed by atoms with Gasteiger partial charge in [-0.2, -0.15) is 0 Å². The minimum atomic E-state index is 0.819. The van der Waals surface area contributed by atoms with Crippen LogP contribution in [0.1, 0.15) is 12.8 Å². The van der Waals surface area contributed by atoms with Gasteiger partial charge >= 0.3 is 0 Å². The molecule has 0 aromatic heterocycles. The van der Waals surface area contributed by atoms with E-state index in [0.29, 0.717) is 0 Å². The van der Waals surface area contributed by atoms with Crippen LogP contribution in [0.4, 0.5) is 0 Å². The maximum atomic E-state index is 5.59. The Bertz CT molecular complexity index is 140. The van der Waals surface area contributed by atoms with E-state index in [2.05, 4.69) is 12.2 Å². The number of hydrogen-bond donors (Lipinski definition) is 1. The third kappa shape index (κ3) is 0.715. The second-order valence-corrected chi connectivity index (χ2v) is 3.28. The zero-order valence-corrected chi connectivity index (χ0v) is 5.59. The lowest BCUT2D eigenvalue weighted by atomic mass is 9.94. The molecule has 50 valence electrons. The first-order chi connectivity index (χ1) is 4.40. The summed E-state index contributed by atoms with van der Waals surface area (Å²) in [7, 11) is 0. The fourth-order valence-corrected chi connectivity index (χ4v) is 2.17. The lowest BCUT2D eigenvalue weighted by molar-refractivity contribution is 0.459. The van der Waals surface area contributed by atoms with Crippen LogP contribution in [-0.2, 0) is 0 Å². The normalized spacial score (nSPS) is 46.6. The Hall–Kier alpha value is -0.300. The van der Waals surface area contributed by atoms with Crippen molar-refractivity contribution in [1.29, 1.82) is 0 Å². The predicted octanol–water partition coefficient (Wildman–Crippen LogP) is 1.16. The fraction of sp³-hybridized carbons (Fsp3) is 0.750. The molecule has 1 heteroatoms. The van der Waals surface area contributed by atoms with Gasteiger partial charge in [0.1, 0.15) is 0 Å². The maximum Gasteiger partial charge on any atom is -0.00430 e. The van der Waals surface area contributed by atoms with Crippen molar-refractivity contribution in [3.8, 4) is 0 Å². The quantitative estimate of drug-likeness (QED) is 0.520. The minimum Gasteiger partial charge on any atom is -0.330 e. The second kappa shape index (κ2) is 1.84. The van der Waals surface area contributed by atoms with E-state index < -0.39 is 0 Å². The highest BCUT2D eigenvalue weighted by Crippen LogP contribution is 2.42. The smallest absolute Gasteiger partial charge is 0.00430 e. The molecule has 2 N–H and O–H groups in total. The van der Waals surface area contributed by atoms with E-state index in [9.17, 15) is 0 Å². The molecule has 0 aromatic rings. The first-order valence-electron chi connectivity index (χ1n) is 3.78. The summed E-state index contributed by atoms with van der Waals surface area (Å²) in [4.78, 5) is 0. The molecule has 0 saturated heterocycles. The zero-order valence-electron chi connectivity index (χ0n) is 5.59. The van der Waals surface area contributed by atoms with E-state index >= 15 is 0 Å². The third-order valence-electron chi connectivity index (χ3n) is 2.72. The van der Waals surface area contributed by atoms with Gasteiger partial charge in [0.25, 0.3) is 0 Å². The van der Waals surface area contributed by atoms with E-state index in [4.69, 9.17) is 5.73 Å². The van der Waals surface area contributed by atoms with Crippen molar-refractivity contribution < 1.29 is 0 Å². The van der Waals surface area contributed by atoms with Crippen molar-refractivity contribution in [3.05, 3.63) is 12.2 Å². The molecule has 2 aliphatic rings. The molecule has 0 amide bonds. The van der Waals surface area contributed by atoms with E-state index in [1.165, 1.54) is 12.8 Å². The van der Waals surface area contributed by atoms with Crippen molar-refractivity contribution in [2.45, 2.75) is 12.8 Å². The summed E-state index contributed by atoms with van der Waals surface area (Å²) in [6.07, 6.45) is 7.46. The van der Waals surface area contributed by atoms with Crippen molar-refractivity contribution in [2.75, 3.05) is 6.54 Å². The van der Waals surface area contributed by atoms with Crippen LogP contribution >= 0.6 is 0 Å². The molecule has 2 unspecified atom stereocenters. The lowest BCUT2D eigenvalue weighted by Crippen LogP contribution is -2.17. The van der Waals surface area contributed by atoms with Gasteiger partial charge in [-0.3, -0.25) is 0 Å². The number of nitrogens with two attached hydrogens (primary N) is 1. The van der Waals surface area contributed by atoms with E-state index in [1.807, 2.05) is 0 Å². The number of fused-ring (bicyclic) bond motifs is 2. The van der Waals surface area contributed by atoms with Gasteiger partial charge in [-0.15, -0.1) is 0 Å². The zero-order chi connectivity index (χ0) is 6.27. The van der Waals surface area contributed by atoms with Crippen molar-refractivity contribution in [3.63, 3.8) is 0 Å². The highest BCUT2D eigenvalue weighted by Gasteiger charge is 2.34. The van der Waals surface area contributed by atoms with Crippen LogP contribution in [0.5, 0.6) is 0 Å². The molecule has 0 radical (unpaired) electrons. The van der Waals surface area contributed by atoms with Gasteiger partial charge in [0.2, 0.25) is 0 Å². The number of rotatable bonds is 1. The number of hydrogen-bond acceptors (Lipinski definition) is 1. The summed E-state index contributed by atoms with van der Waals surface area (Å²) >= 11 is 0. The lowest BCUT2D eigenvalue weighted by Gasteiger charge is -2.14. The summed E-state index contributed by atoms with van der Waals surface area (Å²) in [6.45, 7) is 0.894. The Balaban J connectivity index is 2.10. The Kier molecular flexibility index (Phi) is 1.12. The van der Waals surface area contributed by atoms with Gasteiger partial charge < -0.3 is 5.73 Å². The topological polar surface area (TPSA) is 26.0 Å². The first kappa shape index (κ1) is 5.48. The van der Waals surface area contributed by atoms with Crippen LogP contribution in [0.3, 0.4) is 0 Å². The number of allylic oxidation sites excluding steroid dienone is 2. The molecule has 2 rings (SSSR count). The maximum absolute atomic E-state index is 5.59. The van der Waals surface area contributed by atoms with Gasteiger partial charge in [0.05, 0.1) is 0 Å². The molecule has 9 heavy (non-hydrogen) atoms. The average molecular weight is 123 g/mol. The molecule has 2 bridgehead atoms. The van der Waals surface area contributed by atoms with Crippen molar-refractivity contribution >= 4 is 0 Å². The van der Waals surface area contributed by atoms with E-state index in [-0.39, 0.29) is 0 Å². The monoisotopic (exact) mass is 123 g/mol. The molecule has 0 aliphatic heterocycles. The second-order valence-electron chi connectivity index (χ2n) is 3.28. The Morgan fingerprint density at radius 2 is 2.22 bits per heavy atom. The summed E-state index contributed by atoms with van der Waals surface area (Å²) in [5.41, 5.74) is 5.59. The molecule has 2 aliphatic carbocycles. The van der Waals surface area contributed by atoms with Crippen molar-refractivity contribution in [2.24, 2.45) is 23.5 Å². The Morgan fingerprint density at radius 3 is 2.56 bits per heavy atom. The van der Waals surface area contributed by atoms with Crippen LogP contribution in [0, 0.1) is 17.8 Å². The summed E-state index contributed by atoms with van der Waals surface area (Å²) in [6, 6.07) is 0. The SMILES string of the molecule is NC[C@H]1CC2C=CC1C2. The standard InChI is InChI=1S/C8H13N/c9-5-8-4-6-1-2-7(8)3-6/h1-2,6-8H,3-5,9H2/t6?,7?,8-/m1/s1. The highest BCUT2D eigenvalue weighted by atomic mass is 14.6. The summed E-state index contributed by atoms with van der Waals surface area (Å²) < 4.78 is 0. The van der Waals surface area contributed by atoms with Gasteiger partial charge in [0, 0.05) is 0 Å². The van der Waals surface area contributed by atoms with Crippen LogP contribution in [-0.4, -0.2) is 6.54 Å². The van der Waals surface area contributed by atoms with Gasteiger partial charge in [-0.05, 0) is 37.1 Å². The predicted molar refractivity (Wildman–Crippen MR) is 37.9 cm³/mol. The molecule has 1 saturated carbocycles. The van der Waals surface area contributed by atoms with E-state index in [1.54, 1.807) is 0 Å². The molecule has 0 aromatic carbocycles. The molecular weight excluding hydrogens is 110 g/mol. The van der Waals surface area contributed by atoms with Gasteiger partial charge in [-0.1, -0.05) is 12.2 Å². The minimum absolute atomic E-state index is 0.819. The largest absolute Gasteiger partial charge is 0.330 e. The molecule has 3 atom stereocenters. The average Bonchev–Trinajstić information content (AvgIpc) is 2.45. The molecule has 1 fully saturated rings. The third-order valence-corrected chi connectivity index (χ3v) is 2.72. The molecule has 0 spiro atoms. The summed E-state index contributed by atoms with van der Waals surface area (Å²) in [5.74, 6) is 2.56. The van der Waals surface area contributed by atoms with Crippen LogP contribution < -0.4 is 5.73 Å². The highest BCUT2D eigenvalue weighted by molar-refractivity contribution is 5.10. The molecular formula is C8H13N. The summed E-state index contributed by atoms with van der Waals surface area (Å²) in [5, 5.41) is 0. The van der Waals surface area contributed by atoms with Crippen molar-refractivity contribution in [1.82, 2.24) is 0 Å². The molecule has 0 heterocycles. The van der Waals surface area contributed by atoms with Crippen LogP contribution in [0.25, 0.3) is 0 Å². The fourth-order valence-electron chi connectivity index (χ4n) is 2.17. The van der Waals surface area contributed by atoms with E-state index in [0.717, 1.165) is 24.3 Å². The Labute approximate surface area is 55.9 Å². The molecule has 1 nitrogen and oxygen atoms in total. The van der Waals surface area contributed by atoms with Crippen LogP contribution in [0.2, 0.25) is 0 Å². The Morgan fingerprint density at radius 1 is 1.33 bits per heavy atom.